The van der Waals surface area contributed by atoms with Crippen molar-refractivity contribution in [2.45, 2.75) is 39.2 Å². The predicted octanol–water partition coefficient (Wildman–Crippen LogP) is 2.50. The summed E-state index contributed by atoms with van der Waals surface area (Å²) in [6.07, 6.45) is 2.80. The summed E-state index contributed by atoms with van der Waals surface area (Å²) in [6, 6.07) is 6.90. The van der Waals surface area contributed by atoms with Gasteiger partial charge in [0.15, 0.2) is 0 Å². The van der Waals surface area contributed by atoms with Gasteiger partial charge < -0.3 is 15.3 Å². The quantitative estimate of drug-likeness (QED) is 0.504. The van der Waals surface area contributed by atoms with Crippen molar-refractivity contribution in [3.63, 3.8) is 0 Å². The second-order valence-electron chi connectivity index (χ2n) is 8.23. The first-order chi connectivity index (χ1) is 13.7. The van der Waals surface area contributed by atoms with Crippen molar-refractivity contribution in [2.24, 2.45) is 17.8 Å². The number of benzene rings is 1. The number of carbonyl (C=O) groups is 2. The van der Waals surface area contributed by atoms with Crippen LogP contribution in [0.5, 0.6) is 5.75 Å². The second kappa shape index (κ2) is 8.51. The number of likely N-dealkylation sites (tertiary alicyclic amines) is 1. The summed E-state index contributed by atoms with van der Waals surface area (Å²) in [7, 11) is 1.49. The van der Waals surface area contributed by atoms with E-state index in [1.165, 1.54) is 7.05 Å². The lowest BCUT2D eigenvalue weighted by atomic mass is 9.68. The molecule has 1 aromatic carbocycles. The minimum atomic E-state index is -0.773. The Bertz CT molecular complexity index is 855. The van der Waals surface area contributed by atoms with Gasteiger partial charge in [0.2, 0.25) is 11.8 Å². The van der Waals surface area contributed by atoms with Crippen LogP contribution in [0.25, 0.3) is 6.08 Å². The number of phenolic OH excluding ortho intramolecular Hbond substituents is 1. The molecule has 1 aromatic rings. The Morgan fingerprint density at radius 3 is 2.52 bits per heavy atom. The number of imide groups is 1. The molecule has 1 aliphatic heterocycles. The third-order valence-corrected chi connectivity index (χ3v) is 6.22. The molecule has 1 heterocycles. The SMILES string of the molecule is CC1=C([C@H](O)CC/C(C)=C/c2ccc(O)cc2)[C@H](CO)[C@@H]2C(=O)N(C)C(=O)[C@@H]2C1. The van der Waals surface area contributed by atoms with Crippen LogP contribution in [-0.2, 0) is 9.59 Å². The smallest absolute Gasteiger partial charge is 0.233 e. The van der Waals surface area contributed by atoms with Crippen molar-refractivity contribution in [1.82, 2.24) is 4.90 Å². The first-order valence-electron chi connectivity index (χ1n) is 10.0. The maximum Gasteiger partial charge on any atom is 0.233 e. The molecule has 1 saturated heterocycles. The third kappa shape index (κ3) is 4.14. The van der Waals surface area contributed by atoms with Gasteiger partial charge in [-0.15, -0.1) is 0 Å². The normalized spacial score (nSPS) is 26.2. The van der Waals surface area contributed by atoms with E-state index in [1.54, 1.807) is 12.1 Å². The van der Waals surface area contributed by atoms with Gasteiger partial charge in [-0.25, -0.2) is 0 Å². The lowest BCUT2D eigenvalue weighted by Crippen LogP contribution is -2.38. The zero-order valence-corrected chi connectivity index (χ0v) is 17.1. The molecule has 2 amide bonds. The summed E-state index contributed by atoms with van der Waals surface area (Å²) in [5.74, 6) is -1.78. The Labute approximate surface area is 171 Å². The van der Waals surface area contributed by atoms with E-state index < -0.39 is 23.9 Å². The third-order valence-electron chi connectivity index (χ3n) is 6.22. The van der Waals surface area contributed by atoms with Gasteiger partial charge in [-0.05, 0) is 56.4 Å². The van der Waals surface area contributed by atoms with E-state index in [9.17, 15) is 24.9 Å². The molecular formula is C23H29NO5. The van der Waals surface area contributed by atoms with Crippen molar-refractivity contribution >= 4 is 17.9 Å². The van der Waals surface area contributed by atoms with Gasteiger partial charge in [0.05, 0.1) is 24.5 Å². The van der Waals surface area contributed by atoms with Crippen molar-refractivity contribution in [3.8, 4) is 5.75 Å². The summed E-state index contributed by atoms with van der Waals surface area (Å²) < 4.78 is 0. The molecule has 6 nitrogen and oxygen atoms in total. The first-order valence-corrected chi connectivity index (χ1v) is 10.0. The summed E-state index contributed by atoms with van der Waals surface area (Å²) in [4.78, 5) is 26.1. The zero-order valence-electron chi connectivity index (χ0n) is 17.1. The molecule has 3 rings (SSSR count). The van der Waals surface area contributed by atoms with Crippen molar-refractivity contribution in [3.05, 3.63) is 46.5 Å². The van der Waals surface area contributed by atoms with Gasteiger partial charge in [0, 0.05) is 13.0 Å². The molecule has 1 aliphatic carbocycles. The van der Waals surface area contributed by atoms with Gasteiger partial charge in [-0.3, -0.25) is 14.5 Å². The monoisotopic (exact) mass is 399 g/mol. The van der Waals surface area contributed by atoms with Crippen LogP contribution in [0.4, 0.5) is 0 Å². The minimum absolute atomic E-state index is 0.195. The molecular weight excluding hydrogens is 370 g/mol. The van der Waals surface area contributed by atoms with E-state index in [0.29, 0.717) is 24.8 Å². The summed E-state index contributed by atoms with van der Waals surface area (Å²) in [5, 5.41) is 30.3. The molecule has 0 spiro atoms. The highest BCUT2D eigenvalue weighted by atomic mass is 16.3. The molecule has 0 bridgehead atoms. The Balaban J connectivity index is 1.74. The fraction of sp³-hybridized carbons (Fsp3) is 0.478. The number of amides is 2. The van der Waals surface area contributed by atoms with Crippen LogP contribution in [0.1, 0.15) is 38.7 Å². The van der Waals surface area contributed by atoms with Crippen LogP contribution in [-0.4, -0.2) is 51.8 Å². The molecule has 0 unspecified atom stereocenters. The van der Waals surface area contributed by atoms with Crippen molar-refractivity contribution in [1.29, 1.82) is 0 Å². The Kier molecular flexibility index (Phi) is 6.24. The number of allylic oxidation sites excluding steroid dienone is 2. The molecule has 0 radical (unpaired) electrons. The minimum Gasteiger partial charge on any atom is -0.508 e. The largest absolute Gasteiger partial charge is 0.508 e. The lowest BCUT2D eigenvalue weighted by Gasteiger charge is -2.35. The summed E-state index contributed by atoms with van der Waals surface area (Å²) in [5.41, 5.74) is 3.66. The van der Waals surface area contributed by atoms with Gasteiger partial charge in [0.1, 0.15) is 5.75 Å². The lowest BCUT2D eigenvalue weighted by molar-refractivity contribution is -0.138. The molecule has 0 saturated carbocycles. The molecule has 6 heteroatoms. The van der Waals surface area contributed by atoms with Gasteiger partial charge in [-0.2, -0.15) is 0 Å². The molecule has 0 aromatic heterocycles. The van der Waals surface area contributed by atoms with Crippen molar-refractivity contribution in [2.75, 3.05) is 13.7 Å². The van der Waals surface area contributed by atoms with Crippen LogP contribution in [0.15, 0.2) is 41.0 Å². The second-order valence-corrected chi connectivity index (χ2v) is 8.23. The molecule has 156 valence electrons. The molecule has 4 atom stereocenters. The van der Waals surface area contributed by atoms with E-state index in [0.717, 1.165) is 21.6 Å². The number of hydrogen-bond donors (Lipinski definition) is 3. The predicted molar refractivity (Wildman–Crippen MR) is 110 cm³/mol. The number of aliphatic hydroxyl groups excluding tert-OH is 2. The fourth-order valence-corrected chi connectivity index (χ4v) is 4.72. The van der Waals surface area contributed by atoms with Gasteiger partial charge >= 0.3 is 0 Å². The van der Waals surface area contributed by atoms with Gasteiger partial charge in [-0.1, -0.05) is 29.4 Å². The van der Waals surface area contributed by atoms with Crippen LogP contribution in [0.3, 0.4) is 0 Å². The van der Waals surface area contributed by atoms with Crippen LogP contribution >= 0.6 is 0 Å². The first kappa shape index (κ1) is 21.3. The van der Waals surface area contributed by atoms with Crippen molar-refractivity contribution < 1.29 is 24.9 Å². The Morgan fingerprint density at radius 2 is 1.90 bits per heavy atom. The van der Waals surface area contributed by atoms with E-state index >= 15 is 0 Å². The maximum absolute atomic E-state index is 12.6. The van der Waals surface area contributed by atoms with E-state index in [4.69, 9.17) is 0 Å². The van der Waals surface area contributed by atoms with Crippen LogP contribution in [0, 0.1) is 17.8 Å². The number of nitrogens with zero attached hydrogens (tertiary/aromatic N) is 1. The highest BCUT2D eigenvalue weighted by Crippen LogP contribution is 2.45. The average molecular weight is 399 g/mol. The number of aliphatic hydroxyl groups is 2. The molecule has 29 heavy (non-hydrogen) atoms. The van der Waals surface area contributed by atoms with Crippen LogP contribution < -0.4 is 0 Å². The topological polar surface area (TPSA) is 98.1 Å². The van der Waals surface area contributed by atoms with Crippen LogP contribution in [0.2, 0.25) is 0 Å². The summed E-state index contributed by atoms with van der Waals surface area (Å²) in [6.45, 7) is 3.60. The van der Waals surface area contributed by atoms with E-state index in [-0.39, 0.29) is 24.2 Å². The number of phenols is 1. The number of fused-ring (bicyclic) bond motifs is 1. The summed E-state index contributed by atoms with van der Waals surface area (Å²) >= 11 is 0. The highest BCUT2D eigenvalue weighted by molar-refractivity contribution is 6.05. The Morgan fingerprint density at radius 1 is 1.24 bits per heavy atom. The molecule has 2 aliphatic rings. The number of carbonyl (C=O) groups excluding carboxylic acids is 2. The maximum atomic E-state index is 12.6. The van der Waals surface area contributed by atoms with Gasteiger partial charge in [0.25, 0.3) is 0 Å². The number of rotatable bonds is 6. The highest BCUT2D eigenvalue weighted by Gasteiger charge is 2.53. The number of hydrogen-bond acceptors (Lipinski definition) is 5. The van der Waals surface area contributed by atoms with E-state index in [1.807, 2.05) is 32.1 Å². The zero-order chi connectivity index (χ0) is 21.3. The standard InChI is InChI=1S/C23H29NO5/c1-13(10-15-5-7-16(26)8-6-15)4-9-19(27)20-14(2)11-17-21(18(20)12-25)23(29)24(3)22(17)28/h5-8,10,17-19,21,25-27H,4,9,11-12H2,1-3H3/b13-10+/t17-,18+,19-,21-/m1/s1. The van der Waals surface area contributed by atoms with E-state index in [2.05, 4.69) is 0 Å². The molecule has 3 N–H and O–H groups in total. The number of aromatic hydroxyl groups is 1. The molecule has 1 fully saturated rings. The average Bonchev–Trinajstić information content (AvgIpc) is 2.91. The Hall–Kier alpha value is -2.44. The fourth-order valence-electron chi connectivity index (χ4n) is 4.72.